The molecule has 0 aliphatic carbocycles. The van der Waals surface area contributed by atoms with E-state index in [1.807, 2.05) is 0 Å². The van der Waals surface area contributed by atoms with E-state index in [2.05, 4.69) is 4.52 Å². The van der Waals surface area contributed by atoms with Gasteiger partial charge in [0.1, 0.15) is 0 Å². The molecule has 0 saturated carbocycles. The molecule has 0 radical (unpaired) electrons. The van der Waals surface area contributed by atoms with Crippen LogP contribution in [0.2, 0.25) is 0 Å². The van der Waals surface area contributed by atoms with E-state index in [-0.39, 0.29) is 23.1 Å². The maximum Gasteiger partial charge on any atom is 2.00 e. The normalized spacial score (nSPS) is 10.1. The summed E-state index contributed by atoms with van der Waals surface area (Å²) in [6.07, 6.45) is 0. The van der Waals surface area contributed by atoms with Gasteiger partial charge in [0, 0.05) is 7.11 Å². The quantitative estimate of drug-likeness (QED) is 0.309. The predicted molar refractivity (Wildman–Crippen MR) is 20.4 cm³/mol. The SMILES string of the molecule is COP(=O)([O-])[O-].[Mg+2]. The van der Waals surface area contributed by atoms with Crippen LogP contribution >= 0.6 is 7.82 Å². The van der Waals surface area contributed by atoms with Gasteiger partial charge in [-0.2, -0.15) is 0 Å². The first-order valence-electron chi connectivity index (χ1n) is 1.14. The molecule has 0 atom stereocenters. The summed E-state index contributed by atoms with van der Waals surface area (Å²) in [5.41, 5.74) is 0. The van der Waals surface area contributed by atoms with Crippen LogP contribution in [0.15, 0.2) is 0 Å². The molecule has 0 amide bonds. The van der Waals surface area contributed by atoms with Crippen molar-refractivity contribution in [2.75, 3.05) is 7.11 Å². The average molecular weight is 134 g/mol. The standard InChI is InChI=1S/CH5O4P.Mg/c1-5-6(2,3)4;/h1H3,(H2,2,3,4);/q;+2/p-2. The molecule has 0 aliphatic heterocycles. The van der Waals surface area contributed by atoms with Gasteiger partial charge in [0.05, 0.1) is 7.82 Å². The predicted octanol–water partition coefficient (Wildman–Crippen LogP) is -1.92. The number of phosphoric acid groups is 1. The summed E-state index contributed by atoms with van der Waals surface area (Å²) < 4.78 is 12.6. The molecule has 0 bridgehead atoms. The first-order chi connectivity index (χ1) is 2.56. The number of hydrogen-bond acceptors (Lipinski definition) is 4. The van der Waals surface area contributed by atoms with Crippen molar-refractivity contribution in [2.24, 2.45) is 0 Å². The van der Waals surface area contributed by atoms with E-state index < -0.39 is 7.82 Å². The third-order valence-electron chi connectivity index (χ3n) is 0.224. The summed E-state index contributed by atoms with van der Waals surface area (Å²) in [5, 5.41) is 0. The molecule has 0 saturated heterocycles. The van der Waals surface area contributed by atoms with Crippen molar-refractivity contribution < 1.29 is 18.9 Å². The van der Waals surface area contributed by atoms with E-state index >= 15 is 0 Å². The molecule has 0 N–H and O–H groups in total. The summed E-state index contributed by atoms with van der Waals surface area (Å²) >= 11 is 0. The Balaban J connectivity index is 0. The molecule has 38 valence electrons. The summed E-state index contributed by atoms with van der Waals surface area (Å²) in [4.78, 5) is 18.5. The van der Waals surface area contributed by atoms with E-state index in [1.165, 1.54) is 0 Å². The monoisotopic (exact) mass is 134 g/mol. The van der Waals surface area contributed by atoms with Crippen LogP contribution in [0.4, 0.5) is 0 Å². The van der Waals surface area contributed by atoms with Crippen LogP contribution in [0.25, 0.3) is 0 Å². The minimum atomic E-state index is -4.65. The van der Waals surface area contributed by atoms with Crippen LogP contribution in [0.1, 0.15) is 0 Å². The van der Waals surface area contributed by atoms with Crippen LogP contribution in [-0.2, 0) is 9.09 Å². The van der Waals surface area contributed by atoms with Crippen molar-refractivity contribution in [3.63, 3.8) is 0 Å². The van der Waals surface area contributed by atoms with Gasteiger partial charge in [-0.3, -0.25) is 0 Å². The minimum absolute atomic E-state index is 0. The first-order valence-corrected chi connectivity index (χ1v) is 2.60. The maximum absolute atomic E-state index is 9.25. The number of rotatable bonds is 1. The molecule has 6 heteroatoms. The molecule has 0 unspecified atom stereocenters. The van der Waals surface area contributed by atoms with Crippen LogP contribution < -0.4 is 9.79 Å². The summed E-state index contributed by atoms with van der Waals surface area (Å²) in [7, 11) is -3.83. The van der Waals surface area contributed by atoms with Crippen molar-refractivity contribution in [2.45, 2.75) is 0 Å². The summed E-state index contributed by atoms with van der Waals surface area (Å²) in [6, 6.07) is 0. The van der Waals surface area contributed by atoms with Gasteiger partial charge in [-0.05, 0) is 0 Å². The molecular weight excluding hydrogens is 131 g/mol. The second-order valence-corrected chi connectivity index (χ2v) is 1.89. The molecule has 0 aromatic heterocycles. The van der Waals surface area contributed by atoms with Gasteiger partial charge in [-0.1, -0.05) is 0 Å². The van der Waals surface area contributed by atoms with Gasteiger partial charge >= 0.3 is 23.1 Å². The van der Waals surface area contributed by atoms with Gasteiger partial charge in [0.15, 0.2) is 0 Å². The third kappa shape index (κ3) is 10.9. The van der Waals surface area contributed by atoms with E-state index in [1.54, 1.807) is 0 Å². The molecular formula is CH3MgO4P. The third-order valence-corrected chi connectivity index (χ3v) is 0.671. The van der Waals surface area contributed by atoms with Gasteiger partial charge < -0.3 is 18.9 Å². The zero-order chi connectivity index (χ0) is 5.21. The van der Waals surface area contributed by atoms with Crippen LogP contribution in [-0.4, -0.2) is 30.2 Å². The number of phosphoric ester groups is 1. The fourth-order valence-corrected chi connectivity index (χ4v) is 0. The second kappa shape index (κ2) is 3.83. The Labute approximate surface area is 57.3 Å². The Morgan fingerprint density at radius 2 is 1.71 bits per heavy atom. The van der Waals surface area contributed by atoms with E-state index in [0.29, 0.717) is 0 Å². The van der Waals surface area contributed by atoms with Gasteiger partial charge in [0.2, 0.25) is 0 Å². The molecule has 7 heavy (non-hydrogen) atoms. The smallest absolute Gasteiger partial charge is 0.790 e. The zero-order valence-corrected chi connectivity index (χ0v) is 6.10. The molecule has 0 heterocycles. The fourth-order valence-electron chi connectivity index (χ4n) is 0. The molecule has 0 aromatic rings. The molecule has 4 nitrogen and oxygen atoms in total. The Morgan fingerprint density at radius 1 is 1.57 bits per heavy atom. The first kappa shape index (κ1) is 10.8. The largest absolute Gasteiger partial charge is 2.00 e. The van der Waals surface area contributed by atoms with Crippen molar-refractivity contribution in [1.29, 1.82) is 0 Å². The average Bonchev–Trinajstić information content (AvgIpc) is 1.35. The van der Waals surface area contributed by atoms with Crippen molar-refractivity contribution in [3.05, 3.63) is 0 Å². The van der Waals surface area contributed by atoms with E-state index in [0.717, 1.165) is 7.11 Å². The molecule has 0 spiro atoms. The Kier molecular flexibility index (Phi) is 5.90. The van der Waals surface area contributed by atoms with Crippen molar-refractivity contribution in [3.8, 4) is 0 Å². The van der Waals surface area contributed by atoms with Crippen molar-refractivity contribution in [1.82, 2.24) is 0 Å². The Hall–Kier alpha value is 0.876. The maximum atomic E-state index is 9.25. The van der Waals surface area contributed by atoms with Gasteiger partial charge in [-0.15, -0.1) is 0 Å². The molecule has 0 aliphatic rings. The van der Waals surface area contributed by atoms with Gasteiger partial charge in [0.25, 0.3) is 0 Å². The Bertz CT molecular complexity index is 75.8. The topological polar surface area (TPSA) is 72.4 Å². The van der Waals surface area contributed by atoms with E-state index in [9.17, 15) is 14.4 Å². The van der Waals surface area contributed by atoms with Crippen LogP contribution in [0, 0.1) is 0 Å². The molecule has 0 rings (SSSR count). The minimum Gasteiger partial charge on any atom is -0.790 e. The summed E-state index contributed by atoms with van der Waals surface area (Å²) in [5.74, 6) is 0. The summed E-state index contributed by atoms with van der Waals surface area (Å²) in [6.45, 7) is 0. The molecule has 0 fully saturated rings. The Morgan fingerprint density at radius 3 is 1.71 bits per heavy atom. The molecule has 0 aromatic carbocycles. The van der Waals surface area contributed by atoms with Crippen molar-refractivity contribution >= 4 is 30.9 Å². The second-order valence-electron chi connectivity index (χ2n) is 0.630. The zero-order valence-electron chi connectivity index (χ0n) is 3.79. The number of hydrogen-bond donors (Lipinski definition) is 0. The van der Waals surface area contributed by atoms with Gasteiger partial charge in [-0.25, -0.2) is 0 Å². The van der Waals surface area contributed by atoms with E-state index in [4.69, 9.17) is 0 Å². The fraction of sp³-hybridized carbons (Fsp3) is 1.00. The van der Waals surface area contributed by atoms with Crippen LogP contribution in [0.3, 0.4) is 0 Å². The van der Waals surface area contributed by atoms with Crippen LogP contribution in [0.5, 0.6) is 0 Å².